The maximum atomic E-state index is 12.7. The zero-order valence-corrected chi connectivity index (χ0v) is 21.6. The zero-order chi connectivity index (χ0) is 30.3. The lowest BCUT2D eigenvalue weighted by Gasteiger charge is -2.39. The molecule has 1 amide bonds. The van der Waals surface area contributed by atoms with Gasteiger partial charge in [-0.3, -0.25) is 9.88 Å². The molecule has 0 radical (unpaired) electrons. The van der Waals surface area contributed by atoms with Crippen molar-refractivity contribution in [2.45, 2.75) is 69.1 Å². The van der Waals surface area contributed by atoms with Crippen LogP contribution in [0.1, 0.15) is 18.7 Å². The van der Waals surface area contributed by atoms with Gasteiger partial charge in [-0.05, 0) is 30.7 Å². The van der Waals surface area contributed by atoms with E-state index in [2.05, 4.69) is 10.3 Å². The Bertz CT molecular complexity index is 1190. The number of amides is 1. The molecule has 1 fully saturated rings. The molecule has 1 aromatic heterocycles. The summed E-state index contributed by atoms with van der Waals surface area (Å²) in [4.78, 5) is 28.1. The van der Waals surface area contributed by atoms with Gasteiger partial charge in [-0.25, -0.2) is 18.4 Å². The highest BCUT2D eigenvalue weighted by atomic mass is 19.3. The van der Waals surface area contributed by atoms with Crippen molar-refractivity contribution in [3.8, 4) is 5.75 Å². The second-order valence-corrected chi connectivity index (χ2v) is 8.94. The summed E-state index contributed by atoms with van der Waals surface area (Å²) in [6.07, 6.45) is -15.3. The molecule has 15 nitrogen and oxygen atoms in total. The van der Waals surface area contributed by atoms with Gasteiger partial charge < -0.3 is 49.6 Å². The van der Waals surface area contributed by atoms with Crippen LogP contribution in [0, 0.1) is 0 Å². The Hall–Kier alpha value is -3.29. The molecule has 2 heterocycles. The lowest BCUT2D eigenvalue weighted by atomic mass is 9.99. The molecular weight excluding hydrogens is 560 g/mol. The predicted octanol–water partition coefficient (Wildman–Crippen LogP) is -1.31. The summed E-state index contributed by atoms with van der Waals surface area (Å²) in [5.41, 5.74) is -0.409. The molecule has 8 unspecified atom stereocenters. The number of hydrogen-bond acceptors (Lipinski definition) is 13. The van der Waals surface area contributed by atoms with Gasteiger partial charge in [0, 0.05) is 6.20 Å². The Morgan fingerprint density at radius 3 is 2.39 bits per heavy atom. The quantitative estimate of drug-likeness (QED) is 0.153. The molecule has 41 heavy (non-hydrogen) atoms. The maximum Gasteiger partial charge on any atom is 0.413 e. The highest BCUT2D eigenvalue weighted by Gasteiger charge is 2.44. The average molecular weight is 592 g/mol. The van der Waals surface area contributed by atoms with E-state index in [4.69, 9.17) is 18.9 Å². The maximum absolute atomic E-state index is 12.7. The van der Waals surface area contributed by atoms with Crippen LogP contribution in [0.4, 0.5) is 19.4 Å². The highest BCUT2D eigenvalue weighted by Crippen LogP contribution is 2.24. The number of alkyl halides is 2. The van der Waals surface area contributed by atoms with E-state index in [-0.39, 0.29) is 18.2 Å². The fraction of sp³-hybridized carbons (Fsp3) is 0.542. The largest absolute Gasteiger partial charge is 0.462 e. The summed E-state index contributed by atoms with van der Waals surface area (Å²) in [6, 6.07) is 7.19. The van der Waals surface area contributed by atoms with Crippen molar-refractivity contribution in [3.63, 3.8) is 0 Å². The number of carbonyl (C=O) groups is 1. The number of hydrogen-bond donors (Lipinski definition) is 7. The van der Waals surface area contributed by atoms with Gasteiger partial charge in [-0.1, -0.05) is 12.1 Å². The third kappa shape index (κ3) is 8.37. The van der Waals surface area contributed by atoms with Gasteiger partial charge in [-0.2, -0.15) is 4.98 Å². The number of nitrogens with one attached hydrogen (secondary N) is 1. The molecule has 1 saturated heterocycles. The van der Waals surface area contributed by atoms with Gasteiger partial charge in [0.15, 0.2) is 0 Å². The number of rotatable bonds is 12. The van der Waals surface area contributed by atoms with Crippen molar-refractivity contribution in [1.29, 1.82) is 0 Å². The first-order chi connectivity index (χ1) is 19.4. The van der Waals surface area contributed by atoms with Crippen LogP contribution in [0.15, 0.2) is 41.3 Å². The Morgan fingerprint density at radius 1 is 1.12 bits per heavy atom. The van der Waals surface area contributed by atoms with Crippen LogP contribution in [0.25, 0.3) is 0 Å². The van der Waals surface area contributed by atoms with Crippen molar-refractivity contribution in [2.24, 2.45) is 0 Å². The second kappa shape index (κ2) is 14.6. The summed E-state index contributed by atoms with van der Waals surface area (Å²) < 4.78 is 47.3. The summed E-state index contributed by atoms with van der Waals surface area (Å²) in [5.74, 6) is 0.0255. The molecule has 0 saturated carbocycles. The lowest BCUT2D eigenvalue weighted by Crippen LogP contribution is -2.60. The molecule has 228 valence electrons. The van der Waals surface area contributed by atoms with Crippen LogP contribution in [0.2, 0.25) is 0 Å². The number of carbonyl (C=O) groups excluding carboxylic acids is 1. The van der Waals surface area contributed by atoms with Crippen molar-refractivity contribution in [1.82, 2.24) is 9.55 Å². The third-order valence-electron chi connectivity index (χ3n) is 6.04. The molecule has 1 aromatic carbocycles. The first-order valence-electron chi connectivity index (χ1n) is 12.3. The van der Waals surface area contributed by atoms with E-state index in [9.17, 15) is 49.0 Å². The fourth-order valence-electron chi connectivity index (χ4n) is 3.72. The Morgan fingerprint density at radius 2 is 1.80 bits per heavy atom. The normalized spacial score (nSPS) is 24.9. The summed E-state index contributed by atoms with van der Waals surface area (Å²) in [6.45, 7) is -0.420. The smallest absolute Gasteiger partial charge is 0.413 e. The third-order valence-corrected chi connectivity index (χ3v) is 6.04. The number of anilines is 1. The number of halogens is 2. The van der Waals surface area contributed by atoms with Crippen molar-refractivity contribution >= 4 is 11.9 Å². The molecule has 17 heteroatoms. The fourth-order valence-corrected chi connectivity index (χ4v) is 3.72. The molecule has 0 bridgehead atoms. The molecule has 0 aliphatic carbocycles. The van der Waals surface area contributed by atoms with Gasteiger partial charge in [0.2, 0.25) is 6.29 Å². The SMILES string of the molecule is CC(OC(CO)C(O)C(F)F)n1ccc(NC(=O)OCc2ccc(OC3OC(CO)C(O)C(O)C3O)cc2)nc1=O. The van der Waals surface area contributed by atoms with Gasteiger partial charge in [-0.15, -0.1) is 0 Å². The van der Waals surface area contributed by atoms with Gasteiger partial charge in [0.25, 0.3) is 6.43 Å². The Kier molecular flexibility index (Phi) is 11.4. The molecule has 3 rings (SSSR count). The molecule has 7 N–H and O–H groups in total. The molecule has 1 aliphatic heterocycles. The number of aliphatic hydroxyl groups excluding tert-OH is 6. The predicted molar refractivity (Wildman–Crippen MR) is 132 cm³/mol. The standard InChI is InChI=1S/C24H31F2N3O12/c1-11(39-15(9-31)18(33)21(25)26)29-7-6-16(27-23(29)36)28-24(37)38-10-12-2-4-13(5-3-12)40-22-20(35)19(34)17(32)14(8-30)41-22/h2-7,11,14-15,17-22,30-35H,8-10H2,1H3,(H,27,28,36,37). The summed E-state index contributed by atoms with van der Waals surface area (Å²) in [5, 5.41) is 59.9. The average Bonchev–Trinajstić information content (AvgIpc) is 2.95. The van der Waals surface area contributed by atoms with Crippen LogP contribution in [0.3, 0.4) is 0 Å². The van der Waals surface area contributed by atoms with E-state index in [1.807, 2.05) is 0 Å². The van der Waals surface area contributed by atoms with E-state index in [1.54, 1.807) is 0 Å². The number of benzene rings is 1. The highest BCUT2D eigenvalue weighted by molar-refractivity contribution is 5.83. The lowest BCUT2D eigenvalue weighted by molar-refractivity contribution is -0.277. The van der Waals surface area contributed by atoms with Crippen LogP contribution in [-0.4, -0.2) is 109 Å². The van der Waals surface area contributed by atoms with E-state index < -0.39 is 80.6 Å². The minimum atomic E-state index is -3.17. The molecular formula is C24H31F2N3O12. The number of nitrogens with zero attached hydrogens (tertiary/aromatic N) is 2. The molecule has 1 aliphatic rings. The number of aliphatic hydroxyl groups is 6. The minimum absolute atomic E-state index is 0.182. The van der Waals surface area contributed by atoms with Crippen LogP contribution in [0.5, 0.6) is 5.75 Å². The number of aromatic nitrogens is 2. The molecule has 8 atom stereocenters. The van der Waals surface area contributed by atoms with Gasteiger partial charge >= 0.3 is 11.8 Å². The number of ether oxygens (including phenoxy) is 4. The zero-order valence-electron chi connectivity index (χ0n) is 21.6. The Labute approximate surface area is 231 Å². The van der Waals surface area contributed by atoms with E-state index >= 15 is 0 Å². The first kappa shape index (κ1) is 32.2. The van der Waals surface area contributed by atoms with Crippen molar-refractivity contribution < 1.29 is 63.2 Å². The van der Waals surface area contributed by atoms with Crippen LogP contribution < -0.4 is 15.7 Å². The van der Waals surface area contributed by atoms with E-state index in [1.165, 1.54) is 37.3 Å². The summed E-state index contributed by atoms with van der Waals surface area (Å²) >= 11 is 0. The monoisotopic (exact) mass is 591 g/mol. The van der Waals surface area contributed by atoms with Gasteiger partial charge in [0.1, 0.15) is 61.0 Å². The van der Waals surface area contributed by atoms with E-state index in [0.29, 0.717) is 5.56 Å². The molecule has 2 aromatic rings. The first-order valence-corrected chi connectivity index (χ1v) is 12.3. The summed E-state index contributed by atoms with van der Waals surface area (Å²) in [7, 11) is 0. The topological polar surface area (TPSA) is 222 Å². The van der Waals surface area contributed by atoms with Crippen LogP contribution >= 0.6 is 0 Å². The van der Waals surface area contributed by atoms with Crippen LogP contribution in [-0.2, 0) is 20.8 Å². The van der Waals surface area contributed by atoms with E-state index in [0.717, 1.165) is 10.8 Å². The van der Waals surface area contributed by atoms with Gasteiger partial charge in [0.05, 0.1) is 13.2 Å². The van der Waals surface area contributed by atoms with Crippen molar-refractivity contribution in [3.05, 3.63) is 52.6 Å². The Balaban J connectivity index is 1.51. The molecule has 0 spiro atoms. The minimum Gasteiger partial charge on any atom is -0.462 e. The van der Waals surface area contributed by atoms with Crippen molar-refractivity contribution in [2.75, 3.05) is 18.5 Å². The second-order valence-electron chi connectivity index (χ2n) is 8.94.